The Morgan fingerprint density at radius 2 is 0.644 bits per heavy atom. The van der Waals surface area contributed by atoms with Crippen molar-refractivity contribution in [1.82, 2.24) is 0 Å². The molecule has 0 unspecified atom stereocenters. The van der Waals surface area contributed by atoms with Crippen LogP contribution in [0.5, 0.6) is 0 Å². The van der Waals surface area contributed by atoms with E-state index in [9.17, 15) is 0 Å². The molecule has 2 aromatic heterocycles. The van der Waals surface area contributed by atoms with Crippen molar-refractivity contribution >= 4 is 80.9 Å². The minimum Gasteiger partial charge on any atom is -0.458 e. The van der Waals surface area contributed by atoms with Crippen LogP contribution in [0.1, 0.15) is 11.1 Å². The fourth-order valence-corrected chi connectivity index (χ4v) is 15.0. The van der Waals surface area contributed by atoms with Crippen LogP contribution in [0.2, 0.25) is 0 Å². The van der Waals surface area contributed by atoms with Gasteiger partial charge in [-0.2, -0.15) is 0 Å². The zero-order chi connectivity index (χ0) is 38.8. The van der Waals surface area contributed by atoms with Gasteiger partial charge in [-0.05, 0) is 83.6 Å². The van der Waals surface area contributed by atoms with Gasteiger partial charge < -0.3 is 21.7 Å². The molecule has 0 saturated carbocycles. The van der Waals surface area contributed by atoms with Crippen LogP contribution in [-0.4, -0.2) is 5.90 Å². The Bertz CT molecular complexity index is 2690. The Kier molecular flexibility index (Phi) is 15.6. The Hall–Kier alpha value is -5.18. The van der Waals surface area contributed by atoms with Crippen molar-refractivity contribution in [2.75, 3.05) is 5.90 Å². The van der Waals surface area contributed by atoms with E-state index in [0.29, 0.717) is 0 Å². The predicted molar refractivity (Wildman–Crippen MR) is 246 cm³/mol. The molecule has 8 aromatic carbocycles. The number of furan rings is 2. The summed E-state index contributed by atoms with van der Waals surface area (Å²) in [6.07, 6.45) is 14.5. The zero-order valence-corrected chi connectivity index (χ0v) is 37.4. The molecule has 292 valence electrons. The predicted octanol–water partition coefficient (Wildman–Crippen LogP) is 11.7. The smallest absolute Gasteiger partial charge is 0.458 e. The summed E-state index contributed by atoms with van der Waals surface area (Å²) in [7, 11) is -1.69. The molecule has 0 N–H and O–H groups in total. The van der Waals surface area contributed by atoms with E-state index in [2.05, 4.69) is 133 Å². The third-order valence-electron chi connectivity index (χ3n) is 9.92. The Morgan fingerprint density at radius 1 is 0.356 bits per heavy atom. The van der Waals surface area contributed by atoms with Crippen molar-refractivity contribution in [3.05, 3.63) is 230 Å². The fraction of sp³-hybridized carbons (Fsp3) is 0.0189. The van der Waals surface area contributed by atoms with Gasteiger partial charge in [0, 0.05) is 10.8 Å². The van der Waals surface area contributed by atoms with Gasteiger partial charge in [0.1, 0.15) is 59.4 Å². The van der Waals surface area contributed by atoms with Gasteiger partial charge in [-0.1, -0.05) is 121 Å². The van der Waals surface area contributed by atoms with Crippen LogP contribution < -0.4 is 21.2 Å². The van der Waals surface area contributed by atoms with Crippen LogP contribution in [0.25, 0.3) is 43.9 Å². The Morgan fingerprint density at radius 3 is 0.966 bits per heavy atom. The van der Waals surface area contributed by atoms with Gasteiger partial charge in [-0.3, -0.25) is 11.8 Å². The van der Waals surface area contributed by atoms with Gasteiger partial charge >= 0.3 is 44.8 Å². The molecule has 0 aliphatic heterocycles. The molecule has 0 radical (unpaired) electrons. The average molecular weight is 1070 g/mol. The molecule has 2 heterocycles. The zero-order valence-electron chi connectivity index (χ0n) is 31.8. The average Bonchev–Trinajstić information content (AvgIpc) is 3.87. The van der Waals surface area contributed by atoms with Crippen molar-refractivity contribution in [1.29, 1.82) is 0 Å². The maximum Gasteiger partial charge on any atom is 1.00 e. The molecule has 0 spiro atoms. The molecule has 0 atom stereocenters. The fourth-order valence-electron chi connectivity index (χ4n) is 7.23. The summed E-state index contributed by atoms with van der Waals surface area (Å²) in [5.74, 6) is 6.12. The second kappa shape index (κ2) is 21.2. The van der Waals surface area contributed by atoms with Crippen LogP contribution in [0, 0.1) is 24.7 Å². The van der Waals surface area contributed by atoms with Gasteiger partial charge in [-0.15, -0.1) is 23.3 Å². The maximum absolute atomic E-state index is 7.25. The molecular formula is C53H38AgAuO2P2+2. The van der Waals surface area contributed by atoms with Crippen molar-refractivity contribution in [2.24, 2.45) is 0 Å². The summed E-state index contributed by atoms with van der Waals surface area (Å²) < 4.78 is 11.3. The van der Waals surface area contributed by atoms with Gasteiger partial charge in [0.25, 0.3) is 0 Å². The van der Waals surface area contributed by atoms with E-state index >= 15 is 0 Å². The molecule has 0 aliphatic carbocycles. The third kappa shape index (κ3) is 10.00. The number of hydrogen-bond acceptors (Lipinski definition) is 2. The van der Waals surface area contributed by atoms with Crippen molar-refractivity contribution in [3.63, 3.8) is 0 Å². The monoisotopic (exact) mass is 1070 g/mol. The first-order valence-electron chi connectivity index (χ1n) is 18.8. The Balaban J connectivity index is 0.000000156. The molecule has 6 heteroatoms. The van der Waals surface area contributed by atoms with E-state index in [0.717, 1.165) is 55.0 Å². The largest absolute Gasteiger partial charge is 1.00 e. The molecule has 0 aliphatic rings. The number of para-hydroxylation sites is 2. The first-order chi connectivity index (χ1) is 28.2. The van der Waals surface area contributed by atoms with Gasteiger partial charge in [0.05, 0.1) is 0 Å². The summed E-state index contributed by atoms with van der Waals surface area (Å²) in [6.45, 7) is 0. The molecule has 0 saturated heterocycles. The number of rotatable bonds is 6. The molecule has 10 aromatic rings. The number of hydrogen-bond donors (Lipinski definition) is 0. The van der Waals surface area contributed by atoms with Gasteiger partial charge in [0.2, 0.25) is 0 Å². The van der Waals surface area contributed by atoms with Crippen molar-refractivity contribution < 1.29 is 53.6 Å². The number of benzene rings is 8. The van der Waals surface area contributed by atoms with E-state index in [-0.39, 0.29) is 44.8 Å². The molecule has 10 rings (SSSR count). The normalized spacial score (nSPS) is 10.4. The first kappa shape index (κ1) is 43.4. The number of fused-ring (bicyclic) bond motifs is 6. The Labute approximate surface area is 379 Å². The molecule has 59 heavy (non-hydrogen) atoms. The molecule has 0 bridgehead atoms. The van der Waals surface area contributed by atoms with Crippen LogP contribution in [0.15, 0.2) is 215 Å². The van der Waals surface area contributed by atoms with Gasteiger partial charge in [0.15, 0.2) is 5.90 Å². The van der Waals surface area contributed by atoms with Crippen molar-refractivity contribution in [3.8, 4) is 11.8 Å². The van der Waals surface area contributed by atoms with Gasteiger partial charge in [-0.25, -0.2) is 0 Å². The van der Waals surface area contributed by atoms with E-state index in [1.165, 1.54) is 27.1 Å². The second-order valence-electron chi connectivity index (χ2n) is 13.4. The van der Waals surface area contributed by atoms with E-state index in [1.54, 1.807) is 0 Å². The quantitative estimate of drug-likeness (QED) is 0.0718. The summed E-state index contributed by atoms with van der Waals surface area (Å²) >= 11 is 0. The van der Waals surface area contributed by atoms with Crippen LogP contribution in [-0.2, 0) is 44.8 Å². The first-order valence-corrected chi connectivity index (χ1v) is 22.2. The summed E-state index contributed by atoms with van der Waals surface area (Å²) in [5.41, 5.74) is 4.89. The topological polar surface area (TPSA) is 26.3 Å². The summed E-state index contributed by atoms with van der Waals surface area (Å²) in [4.78, 5) is 0. The van der Waals surface area contributed by atoms with Crippen LogP contribution >= 0.6 is 15.8 Å². The standard InChI is InChI=1S/C25H22P2.2C14H7O.Ag.Au/c1-5-13-22(14-6-1)26(23-15-7-2-8-16-23)21-27(24-17-9-3-10-18-24)25-19-11-4-12-20-25;2*1-2-10-6-5-9-13-14(10)11-7-3-4-8-12(11)15-13;;/h1-20H,21H2;2*3-9H;;/q;2*-1;2*+1/p+2. The van der Waals surface area contributed by atoms with E-state index in [1.807, 2.05) is 84.9 Å². The third-order valence-corrected chi connectivity index (χ3v) is 16.9. The molecular weight excluding hydrogens is 1040 g/mol. The molecule has 0 fully saturated rings. The minimum absolute atomic E-state index is 0. The molecule has 0 amide bonds. The van der Waals surface area contributed by atoms with Crippen LogP contribution in [0.4, 0.5) is 0 Å². The van der Waals surface area contributed by atoms with E-state index < -0.39 is 15.8 Å². The van der Waals surface area contributed by atoms with Crippen molar-refractivity contribution in [2.45, 2.75) is 0 Å². The maximum atomic E-state index is 7.25. The summed E-state index contributed by atoms with van der Waals surface area (Å²) in [6, 6.07) is 71.5. The summed E-state index contributed by atoms with van der Waals surface area (Å²) in [5, 5.41) is 10.1. The minimum atomic E-state index is -0.847. The second-order valence-corrected chi connectivity index (χ2v) is 19.0. The SMILES string of the molecule is [Ag+].[Au+].[C-]#Cc1cccc2oc3ccccc3c12.[C-]#Cc1cccc2oc3ccccc3c12.c1ccc([PH+](C[PH+](c2ccccc2)c2ccccc2)c2ccccc2)cc1. The van der Waals surface area contributed by atoms with E-state index in [4.69, 9.17) is 21.7 Å². The molecule has 2 nitrogen and oxygen atoms in total. The van der Waals surface area contributed by atoms with Crippen LogP contribution in [0.3, 0.4) is 0 Å².